The molecule has 5 nitrogen and oxygen atoms in total. The first kappa shape index (κ1) is 17.2. The van der Waals surface area contributed by atoms with Gasteiger partial charge in [-0.2, -0.15) is 5.10 Å². The average Bonchev–Trinajstić information content (AvgIpc) is 3.46. The molecule has 142 valence electrons. The number of amides is 1. The molecule has 1 fully saturated rings. The van der Waals surface area contributed by atoms with Crippen LogP contribution in [-0.2, 0) is 18.3 Å². The summed E-state index contributed by atoms with van der Waals surface area (Å²) in [5.74, 6) is 0.378. The first-order valence-electron chi connectivity index (χ1n) is 9.90. The molecule has 1 N–H and O–H groups in total. The van der Waals surface area contributed by atoms with Gasteiger partial charge in [0.05, 0.1) is 12.1 Å². The third-order valence-corrected chi connectivity index (χ3v) is 6.03. The molecular weight excluding hydrogens is 348 g/mol. The van der Waals surface area contributed by atoms with Gasteiger partial charge in [-0.25, -0.2) is 0 Å². The molecular formula is C23H24N4O. The summed E-state index contributed by atoms with van der Waals surface area (Å²) >= 11 is 0. The van der Waals surface area contributed by atoms with Crippen molar-refractivity contribution in [3.8, 4) is 11.1 Å². The molecule has 0 spiro atoms. The monoisotopic (exact) mass is 372 g/mol. The fourth-order valence-electron chi connectivity index (χ4n) is 4.56. The van der Waals surface area contributed by atoms with E-state index in [4.69, 9.17) is 0 Å². The van der Waals surface area contributed by atoms with Crippen molar-refractivity contribution >= 4 is 11.6 Å². The number of carbonyl (C=O) groups excluding carboxylic acids is 1. The van der Waals surface area contributed by atoms with Gasteiger partial charge >= 0.3 is 0 Å². The summed E-state index contributed by atoms with van der Waals surface area (Å²) in [6.45, 7) is 2.32. The van der Waals surface area contributed by atoms with Crippen molar-refractivity contribution in [2.75, 3.05) is 24.5 Å². The van der Waals surface area contributed by atoms with Crippen LogP contribution >= 0.6 is 0 Å². The van der Waals surface area contributed by atoms with E-state index in [1.54, 1.807) is 0 Å². The Morgan fingerprint density at radius 1 is 1.11 bits per heavy atom. The van der Waals surface area contributed by atoms with Gasteiger partial charge in [0.2, 0.25) is 5.91 Å². The van der Waals surface area contributed by atoms with E-state index in [0.29, 0.717) is 0 Å². The number of hydrogen-bond donors (Lipinski definition) is 1. The molecule has 0 saturated carbocycles. The highest BCUT2D eigenvalue weighted by atomic mass is 16.2. The summed E-state index contributed by atoms with van der Waals surface area (Å²) in [4.78, 5) is 15.4. The molecule has 1 saturated heterocycles. The Bertz CT molecular complexity index is 1010. The fraction of sp³-hybridized carbons (Fsp3) is 0.304. The molecule has 2 aliphatic rings. The van der Waals surface area contributed by atoms with Gasteiger partial charge in [0.1, 0.15) is 0 Å². The Balaban J connectivity index is 1.40. The lowest BCUT2D eigenvalue weighted by atomic mass is 9.89. The van der Waals surface area contributed by atoms with Crippen LogP contribution in [0.4, 0.5) is 5.69 Å². The Labute approximate surface area is 165 Å². The molecule has 2 atom stereocenters. The van der Waals surface area contributed by atoms with E-state index in [1.807, 2.05) is 35.1 Å². The Morgan fingerprint density at radius 3 is 2.75 bits per heavy atom. The van der Waals surface area contributed by atoms with Crippen LogP contribution in [0.15, 0.2) is 60.9 Å². The van der Waals surface area contributed by atoms with Crippen molar-refractivity contribution in [3.63, 3.8) is 0 Å². The quantitative estimate of drug-likeness (QED) is 0.769. The maximum absolute atomic E-state index is 13.4. The van der Waals surface area contributed by atoms with Gasteiger partial charge < -0.3 is 10.2 Å². The second kappa shape index (κ2) is 6.91. The van der Waals surface area contributed by atoms with Gasteiger partial charge in [0.25, 0.3) is 0 Å². The minimum absolute atomic E-state index is 0.0380. The number of aromatic nitrogens is 2. The molecule has 5 rings (SSSR count). The highest BCUT2D eigenvalue weighted by Gasteiger charge is 2.39. The largest absolute Gasteiger partial charge is 0.315 e. The predicted molar refractivity (Wildman–Crippen MR) is 110 cm³/mol. The van der Waals surface area contributed by atoms with Gasteiger partial charge in [0.15, 0.2) is 0 Å². The molecule has 1 amide bonds. The van der Waals surface area contributed by atoms with E-state index in [0.717, 1.165) is 37.3 Å². The second-order valence-electron chi connectivity index (χ2n) is 7.77. The standard InChI is InChI=1S/C23H24N4O/c1-26-15-19(12-25-26)20-13-24-14-21(20)23(28)27-10-9-18-11-17(7-8-22(18)27)16-5-3-2-4-6-16/h2-8,11-12,15,20-21,24H,9-10,13-14H2,1H3/t20-,21+/m1/s1. The number of aryl methyl sites for hydroxylation is 1. The average molecular weight is 372 g/mol. The van der Waals surface area contributed by atoms with Crippen molar-refractivity contribution in [3.05, 3.63) is 72.1 Å². The molecule has 3 aromatic rings. The molecule has 5 heteroatoms. The number of fused-ring (bicyclic) bond motifs is 1. The van der Waals surface area contributed by atoms with Crippen molar-refractivity contribution in [1.82, 2.24) is 15.1 Å². The summed E-state index contributed by atoms with van der Waals surface area (Å²) in [6.07, 6.45) is 4.84. The van der Waals surface area contributed by atoms with Crippen molar-refractivity contribution in [2.45, 2.75) is 12.3 Å². The Kier molecular flexibility index (Phi) is 4.24. The number of nitrogens with one attached hydrogen (secondary N) is 1. The molecule has 0 aliphatic carbocycles. The molecule has 28 heavy (non-hydrogen) atoms. The summed E-state index contributed by atoms with van der Waals surface area (Å²) in [6, 6.07) is 16.9. The zero-order chi connectivity index (χ0) is 19.1. The van der Waals surface area contributed by atoms with Crippen LogP contribution in [-0.4, -0.2) is 35.3 Å². The number of carbonyl (C=O) groups is 1. The minimum atomic E-state index is -0.0380. The van der Waals surface area contributed by atoms with Crippen LogP contribution < -0.4 is 10.2 Å². The van der Waals surface area contributed by atoms with Crippen molar-refractivity contribution in [2.24, 2.45) is 13.0 Å². The maximum atomic E-state index is 13.4. The van der Waals surface area contributed by atoms with Gasteiger partial charge in [-0.15, -0.1) is 0 Å². The smallest absolute Gasteiger partial charge is 0.232 e. The van der Waals surface area contributed by atoms with Gasteiger partial charge in [-0.1, -0.05) is 36.4 Å². The first-order chi connectivity index (χ1) is 13.7. The molecule has 2 aliphatic heterocycles. The second-order valence-corrected chi connectivity index (χ2v) is 7.77. The minimum Gasteiger partial charge on any atom is -0.315 e. The third-order valence-electron chi connectivity index (χ3n) is 6.03. The summed E-state index contributed by atoms with van der Waals surface area (Å²) in [7, 11) is 1.92. The highest BCUT2D eigenvalue weighted by Crippen LogP contribution is 2.36. The normalized spacial score (nSPS) is 21.1. The van der Waals surface area contributed by atoms with E-state index in [-0.39, 0.29) is 17.7 Å². The lowest BCUT2D eigenvalue weighted by Crippen LogP contribution is -2.37. The summed E-state index contributed by atoms with van der Waals surface area (Å²) in [5, 5.41) is 7.70. The van der Waals surface area contributed by atoms with Crippen LogP contribution in [0.1, 0.15) is 17.0 Å². The third kappa shape index (κ3) is 2.92. The van der Waals surface area contributed by atoms with E-state index in [2.05, 4.69) is 52.9 Å². The molecule has 0 bridgehead atoms. The van der Waals surface area contributed by atoms with Gasteiger partial charge in [-0.3, -0.25) is 9.48 Å². The van der Waals surface area contributed by atoms with E-state index in [9.17, 15) is 4.79 Å². The molecule has 3 heterocycles. The number of rotatable bonds is 3. The SMILES string of the molecule is Cn1cc([C@H]2CNC[C@@H]2C(=O)N2CCc3cc(-c4ccccc4)ccc32)cn1. The van der Waals surface area contributed by atoms with E-state index >= 15 is 0 Å². The molecule has 0 unspecified atom stereocenters. The van der Waals surface area contributed by atoms with E-state index in [1.165, 1.54) is 16.7 Å². The molecule has 2 aromatic carbocycles. The van der Waals surface area contributed by atoms with Gasteiger partial charge in [-0.05, 0) is 40.8 Å². The topological polar surface area (TPSA) is 50.2 Å². The number of nitrogens with zero attached hydrogens (tertiary/aromatic N) is 3. The van der Waals surface area contributed by atoms with E-state index < -0.39 is 0 Å². The predicted octanol–water partition coefficient (Wildman–Crippen LogP) is 2.98. The van der Waals surface area contributed by atoms with Gasteiger partial charge in [0, 0.05) is 44.5 Å². The zero-order valence-electron chi connectivity index (χ0n) is 16.0. The van der Waals surface area contributed by atoms with Crippen LogP contribution in [0.25, 0.3) is 11.1 Å². The number of benzene rings is 2. The van der Waals surface area contributed by atoms with Crippen LogP contribution in [0.2, 0.25) is 0 Å². The van der Waals surface area contributed by atoms with Crippen molar-refractivity contribution in [1.29, 1.82) is 0 Å². The van der Waals surface area contributed by atoms with Crippen molar-refractivity contribution < 1.29 is 4.79 Å². The van der Waals surface area contributed by atoms with Crippen LogP contribution in [0.5, 0.6) is 0 Å². The summed E-state index contributed by atoms with van der Waals surface area (Å²) in [5.41, 5.74) is 5.90. The fourth-order valence-corrected chi connectivity index (χ4v) is 4.56. The molecule has 1 aromatic heterocycles. The highest BCUT2D eigenvalue weighted by molar-refractivity contribution is 5.98. The molecule has 0 radical (unpaired) electrons. The van der Waals surface area contributed by atoms with Crippen LogP contribution in [0.3, 0.4) is 0 Å². The Hall–Kier alpha value is -2.92. The summed E-state index contributed by atoms with van der Waals surface area (Å²) < 4.78 is 1.81. The number of anilines is 1. The Morgan fingerprint density at radius 2 is 1.96 bits per heavy atom. The van der Waals surface area contributed by atoms with Crippen LogP contribution in [0, 0.1) is 5.92 Å². The number of hydrogen-bond acceptors (Lipinski definition) is 3. The lowest BCUT2D eigenvalue weighted by Gasteiger charge is -2.24. The zero-order valence-corrected chi connectivity index (χ0v) is 16.0. The lowest BCUT2D eigenvalue weighted by molar-refractivity contribution is -0.122. The first-order valence-corrected chi connectivity index (χ1v) is 9.90. The maximum Gasteiger partial charge on any atom is 0.232 e.